The number of carbonyl (C=O) groups excluding carboxylic acids is 2. The van der Waals surface area contributed by atoms with E-state index in [1.165, 1.54) is 18.9 Å². The molecular weight excluding hydrogens is 375 g/mol. The smallest absolute Gasteiger partial charge is 0.253 e. The molecule has 152 valence electrons. The second-order valence-corrected chi connectivity index (χ2v) is 7.62. The summed E-state index contributed by atoms with van der Waals surface area (Å²) in [6.45, 7) is 3.08. The molecule has 2 aliphatic rings. The van der Waals surface area contributed by atoms with E-state index in [9.17, 15) is 19.1 Å². The number of nitrogens with zero attached hydrogens (tertiary/aromatic N) is 4. The Morgan fingerprint density at radius 1 is 1.14 bits per heavy atom. The third-order valence-corrected chi connectivity index (χ3v) is 5.81. The Kier molecular flexibility index (Phi) is 5.42. The summed E-state index contributed by atoms with van der Waals surface area (Å²) in [4.78, 5) is 27.6. The molecule has 0 saturated carbocycles. The van der Waals surface area contributed by atoms with E-state index in [0.29, 0.717) is 19.4 Å². The quantitative estimate of drug-likeness (QED) is 0.797. The van der Waals surface area contributed by atoms with Gasteiger partial charge in [-0.3, -0.25) is 9.59 Å². The standard InChI is InChI=1S/C21H23FN4O3/c22-18-10-15(9-17(13-27)20(18)28)21(29)26-7-3-14(4-8-26)16-11-19(24-23-12-16)25-5-1-2-6-25/h9-14,28H,1-8H2. The number of anilines is 1. The van der Waals surface area contributed by atoms with Crippen molar-refractivity contribution in [3.63, 3.8) is 0 Å². The van der Waals surface area contributed by atoms with Crippen LogP contribution in [-0.4, -0.2) is 58.6 Å². The highest BCUT2D eigenvalue weighted by atomic mass is 19.1. The average Bonchev–Trinajstić information content (AvgIpc) is 3.30. The lowest BCUT2D eigenvalue weighted by Crippen LogP contribution is -2.38. The fraction of sp³-hybridized carbons (Fsp3) is 0.429. The van der Waals surface area contributed by atoms with Gasteiger partial charge in [-0.2, -0.15) is 5.10 Å². The van der Waals surface area contributed by atoms with E-state index in [2.05, 4.69) is 21.2 Å². The molecular formula is C21H23FN4O3. The molecule has 1 aromatic carbocycles. The van der Waals surface area contributed by atoms with Crippen molar-refractivity contribution >= 4 is 18.0 Å². The van der Waals surface area contributed by atoms with Gasteiger partial charge >= 0.3 is 0 Å². The number of carbonyl (C=O) groups is 2. The molecule has 1 aromatic heterocycles. The van der Waals surface area contributed by atoms with Gasteiger partial charge in [0, 0.05) is 31.7 Å². The largest absolute Gasteiger partial charge is 0.504 e. The van der Waals surface area contributed by atoms with Crippen molar-refractivity contribution in [1.29, 1.82) is 0 Å². The first-order valence-corrected chi connectivity index (χ1v) is 9.91. The van der Waals surface area contributed by atoms with Gasteiger partial charge in [-0.05, 0) is 55.4 Å². The average molecular weight is 398 g/mol. The summed E-state index contributed by atoms with van der Waals surface area (Å²) in [5.41, 5.74) is 0.983. The zero-order valence-electron chi connectivity index (χ0n) is 16.1. The van der Waals surface area contributed by atoms with E-state index in [1.807, 2.05) is 0 Å². The predicted octanol–water partition coefficient (Wildman–Crippen LogP) is 2.75. The van der Waals surface area contributed by atoms with Gasteiger partial charge in [0.15, 0.2) is 23.7 Å². The van der Waals surface area contributed by atoms with Crippen LogP contribution < -0.4 is 4.90 Å². The van der Waals surface area contributed by atoms with Gasteiger partial charge in [0.25, 0.3) is 5.91 Å². The van der Waals surface area contributed by atoms with Gasteiger partial charge in [0.2, 0.25) is 0 Å². The van der Waals surface area contributed by atoms with Crippen molar-refractivity contribution in [3.8, 4) is 5.75 Å². The first-order chi connectivity index (χ1) is 14.1. The lowest BCUT2D eigenvalue weighted by Gasteiger charge is -2.32. The number of halogens is 1. The van der Waals surface area contributed by atoms with Crippen molar-refractivity contribution in [2.75, 3.05) is 31.1 Å². The van der Waals surface area contributed by atoms with Crippen molar-refractivity contribution in [2.45, 2.75) is 31.6 Å². The molecule has 1 N–H and O–H groups in total. The number of aromatic nitrogens is 2. The number of hydrogen-bond acceptors (Lipinski definition) is 6. The number of phenols is 1. The minimum atomic E-state index is -0.967. The number of amides is 1. The maximum Gasteiger partial charge on any atom is 0.253 e. The van der Waals surface area contributed by atoms with Crippen molar-refractivity contribution < 1.29 is 19.1 Å². The van der Waals surface area contributed by atoms with Crippen LogP contribution in [0.25, 0.3) is 0 Å². The Labute approximate surface area is 168 Å². The Morgan fingerprint density at radius 2 is 1.86 bits per heavy atom. The molecule has 2 fully saturated rings. The molecule has 0 unspecified atom stereocenters. The minimum Gasteiger partial charge on any atom is -0.504 e. The Balaban J connectivity index is 1.43. The first-order valence-electron chi connectivity index (χ1n) is 9.91. The van der Waals surface area contributed by atoms with Crippen LogP contribution in [0.5, 0.6) is 5.75 Å². The third kappa shape index (κ3) is 3.92. The van der Waals surface area contributed by atoms with E-state index in [4.69, 9.17) is 0 Å². The first kappa shape index (κ1) is 19.3. The minimum absolute atomic E-state index is 0.0720. The third-order valence-electron chi connectivity index (χ3n) is 5.81. The highest BCUT2D eigenvalue weighted by molar-refractivity contribution is 5.96. The van der Waals surface area contributed by atoms with E-state index in [0.717, 1.165) is 43.4 Å². The molecule has 4 rings (SSSR count). The summed E-state index contributed by atoms with van der Waals surface area (Å²) in [6.07, 6.45) is 6.05. The van der Waals surface area contributed by atoms with Crippen LogP contribution in [0.4, 0.5) is 10.2 Å². The number of aromatic hydroxyl groups is 1. The molecule has 7 nitrogen and oxygen atoms in total. The maximum absolute atomic E-state index is 13.8. The summed E-state index contributed by atoms with van der Waals surface area (Å²) in [6, 6.07) is 4.31. The van der Waals surface area contributed by atoms with Crippen LogP contribution in [0.1, 0.15) is 57.9 Å². The molecule has 0 radical (unpaired) electrons. The lowest BCUT2D eigenvalue weighted by atomic mass is 9.90. The summed E-state index contributed by atoms with van der Waals surface area (Å²) < 4.78 is 13.8. The molecule has 3 heterocycles. The summed E-state index contributed by atoms with van der Waals surface area (Å²) in [5.74, 6) is -0.826. The summed E-state index contributed by atoms with van der Waals surface area (Å²) >= 11 is 0. The van der Waals surface area contributed by atoms with E-state index < -0.39 is 11.6 Å². The topological polar surface area (TPSA) is 86.6 Å². The summed E-state index contributed by atoms with van der Waals surface area (Å²) in [5, 5.41) is 18.0. The molecule has 2 aromatic rings. The number of rotatable bonds is 4. The van der Waals surface area contributed by atoms with Crippen LogP contribution in [0, 0.1) is 5.82 Å². The van der Waals surface area contributed by atoms with E-state index >= 15 is 0 Å². The Morgan fingerprint density at radius 3 is 2.55 bits per heavy atom. The van der Waals surface area contributed by atoms with E-state index in [1.54, 1.807) is 11.1 Å². The molecule has 29 heavy (non-hydrogen) atoms. The molecule has 2 aliphatic heterocycles. The monoisotopic (exact) mass is 398 g/mol. The second kappa shape index (κ2) is 8.14. The molecule has 0 bridgehead atoms. The van der Waals surface area contributed by atoms with Crippen LogP contribution >= 0.6 is 0 Å². The van der Waals surface area contributed by atoms with Crippen molar-refractivity contribution in [2.24, 2.45) is 0 Å². The predicted molar refractivity (Wildman–Crippen MR) is 105 cm³/mol. The van der Waals surface area contributed by atoms with Crippen molar-refractivity contribution in [1.82, 2.24) is 15.1 Å². The van der Waals surface area contributed by atoms with Gasteiger partial charge in [-0.1, -0.05) is 0 Å². The molecule has 0 atom stereocenters. The summed E-state index contributed by atoms with van der Waals surface area (Å²) in [7, 11) is 0. The van der Waals surface area contributed by atoms with Gasteiger partial charge in [-0.25, -0.2) is 4.39 Å². The Bertz CT molecular complexity index is 922. The van der Waals surface area contributed by atoms with Crippen LogP contribution in [0.15, 0.2) is 24.4 Å². The van der Waals surface area contributed by atoms with Crippen LogP contribution in [0.3, 0.4) is 0 Å². The lowest BCUT2D eigenvalue weighted by molar-refractivity contribution is 0.0712. The molecule has 0 aliphatic carbocycles. The number of benzene rings is 1. The second-order valence-electron chi connectivity index (χ2n) is 7.62. The molecule has 8 heteroatoms. The number of aldehydes is 1. The van der Waals surface area contributed by atoms with Gasteiger partial charge < -0.3 is 14.9 Å². The van der Waals surface area contributed by atoms with Crippen LogP contribution in [-0.2, 0) is 0 Å². The van der Waals surface area contributed by atoms with Crippen molar-refractivity contribution in [3.05, 3.63) is 46.9 Å². The normalized spacial score (nSPS) is 17.6. The fourth-order valence-corrected chi connectivity index (χ4v) is 4.13. The molecule has 2 saturated heterocycles. The number of hydrogen-bond donors (Lipinski definition) is 1. The van der Waals surface area contributed by atoms with Gasteiger partial charge in [0.05, 0.1) is 11.8 Å². The zero-order chi connectivity index (χ0) is 20.4. The van der Waals surface area contributed by atoms with Gasteiger partial charge in [0.1, 0.15) is 0 Å². The number of likely N-dealkylation sites (tertiary alicyclic amines) is 1. The fourth-order valence-electron chi connectivity index (χ4n) is 4.13. The highest BCUT2D eigenvalue weighted by Gasteiger charge is 2.27. The maximum atomic E-state index is 13.8. The Hall–Kier alpha value is -3.03. The highest BCUT2D eigenvalue weighted by Crippen LogP contribution is 2.31. The SMILES string of the molecule is O=Cc1cc(C(=O)N2CCC(c3cnnc(N4CCCC4)c3)CC2)cc(F)c1O. The number of piperidine rings is 1. The van der Waals surface area contributed by atoms with Crippen LogP contribution in [0.2, 0.25) is 0 Å². The van der Waals surface area contributed by atoms with E-state index in [-0.39, 0.29) is 23.0 Å². The molecule has 1 amide bonds. The molecule has 0 spiro atoms. The zero-order valence-corrected chi connectivity index (χ0v) is 16.1. The number of phenolic OH excluding ortho intramolecular Hbond substituents is 1. The van der Waals surface area contributed by atoms with Gasteiger partial charge in [-0.15, -0.1) is 5.10 Å².